The minimum atomic E-state index is -0.846. The molecule has 0 amide bonds. The van der Waals surface area contributed by atoms with E-state index in [0.717, 1.165) is 0 Å². The number of carbonyl (C=O) groups excluding carboxylic acids is 1. The van der Waals surface area contributed by atoms with Crippen molar-refractivity contribution in [3.8, 4) is 0 Å². The molecule has 4 nitrogen and oxygen atoms in total. The minimum Gasteiger partial charge on any atom is -0.466 e. The fraction of sp³-hybridized carbons (Fsp3) is 0.909. The summed E-state index contributed by atoms with van der Waals surface area (Å²) in [6, 6.07) is 0. The van der Waals surface area contributed by atoms with E-state index in [1.165, 1.54) is 0 Å². The van der Waals surface area contributed by atoms with Gasteiger partial charge in [-0.05, 0) is 19.8 Å². The van der Waals surface area contributed by atoms with Crippen LogP contribution in [0.1, 0.15) is 34.1 Å². The van der Waals surface area contributed by atoms with Gasteiger partial charge in [-0.2, -0.15) is 0 Å². The molecule has 4 heteroatoms. The molecule has 0 fully saturated rings. The van der Waals surface area contributed by atoms with Crippen LogP contribution in [0.2, 0.25) is 0 Å². The van der Waals surface area contributed by atoms with Crippen LogP contribution in [-0.4, -0.2) is 35.0 Å². The first kappa shape index (κ1) is 14.4. The van der Waals surface area contributed by atoms with Crippen molar-refractivity contribution in [2.45, 2.75) is 46.3 Å². The Balaban J connectivity index is 4.08. The second kappa shape index (κ2) is 6.80. The van der Waals surface area contributed by atoms with Gasteiger partial charge in [0, 0.05) is 6.42 Å². The highest BCUT2D eigenvalue weighted by molar-refractivity contribution is 5.72. The largest absolute Gasteiger partial charge is 0.466 e. The maximum atomic E-state index is 11.3. The van der Waals surface area contributed by atoms with Crippen molar-refractivity contribution in [3.63, 3.8) is 0 Å². The molecule has 0 aliphatic rings. The Morgan fingerprint density at radius 1 is 1.20 bits per heavy atom. The Morgan fingerprint density at radius 3 is 2.13 bits per heavy atom. The summed E-state index contributed by atoms with van der Waals surface area (Å²) in [4.78, 5) is 11.3. The van der Waals surface area contributed by atoms with Gasteiger partial charge in [0.05, 0.1) is 24.7 Å². The van der Waals surface area contributed by atoms with Crippen molar-refractivity contribution in [1.82, 2.24) is 0 Å². The number of aliphatic hydroxyl groups excluding tert-OH is 2. The molecule has 0 unspecified atom stereocenters. The third kappa shape index (κ3) is 5.14. The van der Waals surface area contributed by atoms with Crippen LogP contribution in [0.15, 0.2) is 0 Å². The van der Waals surface area contributed by atoms with Crippen molar-refractivity contribution in [1.29, 1.82) is 0 Å². The summed E-state index contributed by atoms with van der Waals surface area (Å²) in [6.45, 7) is 7.37. The molecule has 0 aromatic rings. The zero-order valence-electron chi connectivity index (χ0n) is 9.93. The lowest BCUT2D eigenvalue weighted by Gasteiger charge is -2.22. The number of ether oxygens (including phenoxy) is 1. The van der Waals surface area contributed by atoms with Crippen LogP contribution in [0.3, 0.4) is 0 Å². The SMILES string of the molecule is CCOC(=O)[C@@H](C)[C@@H](O)C[C@H](O)C(C)C. The monoisotopic (exact) mass is 218 g/mol. The maximum Gasteiger partial charge on any atom is 0.311 e. The molecule has 90 valence electrons. The third-order valence-corrected chi connectivity index (χ3v) is 2.49. The van der Waals surface area contributed by atoms with Crippen LogP contribution < -0.4 is 0 Å². The van der Waals surface area contributed by atoms with E-state index in [4.69, 9.17) is 4.74 Å². The summed E-state index contributed by atoms with van der Waals surface area (Å²) in [6.07, 6.45) is -1.23. The van der Waals surface area contributed by atoms with Gasteiger partial charge < -0.3 is 14.9 Å². The van der Waals surface area contributed by atoms with Gasteiger partial charge in [0.15, 0.2) is 0 Å². The van der Waals surface area contributed by atoms with E-state index in [0.29, 0.717) is 6.61 Å². The molecule has 3 atom stereocenters. The normalized spacial score (nSPS) is 17.3. The molecular formula is C11H22O4. The first-order valence-electron chi connectivity index (χ1n) is 5.42. The Kier molecular flexibility index (Phi) is 6.52. The number of hydrogen-bond acceptors (Lipinski definition) is 4. The standard InChI is InChI=1S/C11H22O4/c1-5-15-11(14)8(4)10(13)6-9(12)7(2)3/h7-10,12-13H,5-6H2,1-4H3/t8-,9-,10-/m0/s1. The zero-order valence-corrected chi connectivity index (χ0v) is 9.93. The molecule has 0 aromatic carbocycles. The Morgan fingerprint density at radius 2 is 1.73 bits per heavy atom. The molecule has 0 heterocycles. The number of carbonyl (C=O) groups is 1. The number of esters is 1. The predicted molar refractivity (Wildman–Crippen MR) is 57.3 cm³/mol. The highest BCUT2D eigenvalue weighted by Gasteiger charge is 2.26. The second-order valence-corrected chi connectivity index (χ2v) is 4.16. The third-order valence-electron chi connectivity index (χ3n) is 2.49. The van der Waals surface area contributed by atoms with Gasteiger partial charge in [-0.3, -0.25) is 4.79 Å². The van der Waals surface area contributed by atoms with Crippen molar-refractivity contribution in [2.24, 2.45) is 11.8 Å². The predicted octanol–water partition coefficient (Wildman–Crippen LogP) is 0.953. The van der Waals surface area contributed by atoms with Crippen molar-refractivity contribution in [3.05, 3.63) is 0 Å². The molecule has 0 aromatic heterocycles. The summed E-state index contributed by atoms with van der Waals surface area (Å²) in [7, 11) is 0. The number of hydrogen-bond donors (Lipinski definition) is 2. The average molecular weight is 218 g/mol. The van der Waals surface area contributed by atoms with Crippen molar-refractivity contribution in [2.75, 3.05) is 6.61 Å². The molecule has 0 spiro atoms. The molecule has 0 bridgehead atoms. The van der Waals surface area contributed by atoms with Gasteiger partial charge in [-0.1, -0.05) is 13.8 Å². The van der Waals surface area contributed by atoms with E-state index in [1.807, 2.05) is 13.8 Å². The lowest BCUT2D eigenvalue weighted by Crippen LogP contribution is -2.32. The summed E-state index contributed by atoms with van der Waals surface area (Å²) >= 11 is 0. The molecule has 0 aliphatic heterocycles. The second-order valence-electron chi connectivity index (χ2n) is 4.16. The number of aliphatic hydroxyl groups is 2. The molecule has 0 rings (SSSR count). The lowest BCUT2D eigenvalue weighted by atomic mass is 9.94. The van der Waals surface area contributed by atoms with E-state index in [1.54, 1.807) is 13.8 Å². The van der Waals surface area contributed by atoms with Gasteiger partial charge >= 0.3 is 5.97 Å². The molecule has 0 aliphatic carbocycles. The van der Waals surface area contributed by atoms with Gasteiger partial charge in [0.2, 0.25) is 0 Å². The zero-order chi connectivity index (χ0) is 12.0. The minimum absolute atomic E-state index is 0.0778. The molecule has 0 radical (unpaired) electrons. The topological polar surface area (TPSA) is 66.8 Å². The van der Waals surface area contributed by atoms with Gasteiger partial charge in [0.1, 0.15) is 0 Å². The Labute approximate surface area is 91.3 Å². The highest BCUT2D eigenvalue weighted by Crippen LogP contribution is 2.15. The summed E-state index contributed by atoms with van der Waals surface area (Å²) in [5.41, 5.74) is 0. The fourth-order valence-corrected chi connectivity index (χ4v) is 1.15. The molecular weight excluding hydrogens is 196 g/mol. The van der Waals surface area contributed by atoms with Crippen LogP contribution in [0.25, 0.3) is 0 Å². The van der Waals surface area contributed by atoms with Crippen molar-refractivity contribution >= 4 is 5.97 Å². The molecule has 0 saturated carbocycles. The van der Waals surface area contributed by atoms with Crippen LogP contribution in [0.5, 0.6) is 0 Å². The van der Waals surface area contributed by atoms with Gasteiger partial charge in [0.25, 0.3) is 0 Å². The summed E-state index contributed by atoms with van der Waals surface area (Å²) in [5.74, 6) is -0.923. The van der Waals surface area contributed by atoms with E-state index < -0.39 is 24.1 Å². The first-order chi connectivity index (χ1) is 6.90. The van der Waals surface area contributed by atoms with Gasteiger partial charge in [-0.25, -0.2) is 0 Å². The molecule has 0 saturated heterocycles. The summed E-state index contributed by atoms with van der Waals surface area (Å²) in [5, 5.41) is 19.2. The smallest absolute Gasteiger partial charge is 0.311 e. The maximum absolute atomic E-state index is 11.3. The van der Waals surface area contributed by atoms with Crippen LogP contribution in [0.4, 0.5) is 0 Å². The van der Waals surface area contributed by atoms with Crippen LogP contribution in [-0.2, 0) is 9.53 Å². The van der Waals surface area contributed by atoms with E-state index in [2.05, 4.69) is 0 Å². The Hall–Kier alpha value is -0.610. The Bertz CT molecular complexity index is 191. The van der Waals surface area contributed by atoms with E-state index in [-0.39, 0.29) is 12.3 Å². The summed E-state index contributed by atoms with van der Waals surface area (Å²) < 4.78 is 4.79. The van der Waals surface area contributed by atoms with Crippen LogP contribution >= 0.6 is 0 Å². The van der Waals surface area contributed by atoms with E-state index >= 15 is 0 Å². The first-order valence-corrected chi connectivity index (χ1v) is 5.42. The van der Waals surface area contributed by atoms with Crippen molar-refractivity contribution < 1.29 is 19.7 Å². The van der Waals surface area contributed by atoms with Crippen LogP contribution in [0, 0.1) is 11.8 Å². The quantitative estimate of drug-likeness (QED) is 0.651. The lowest BCUT2D eigenvalue weighted by molar-refractivity contribution is -0.151. The molecule has 15 heavy (non-hydrogen) atoms. The van der Waals surface area contributed by atoms with Gasteiger partial charge in [-0.15, -0.1) is 0 Å². The van der Waals surface area contributed by atoms with E-state index in [9.17, 15) is 15.0 Å². The fourth-order valence-electron chi connectivity index (χ4n) is 1.15. The number of rotatable bonds is 6. The average Bonchev–Trinajstić information content (AvgIpc) is 2.16. The molecule has 2 N–H and O–H groups in total. The highest BCUT2D eigenvalue weighted by atomic mass is 16.5.